The summed E-state index contributed by atoms with van der Waals surface area (Å²) in [7, 11) is 0. The lowest BCUT2D eigenvalue weighted by molar-refractivity contribution is -0.0869. The molecule has 1 heterocycles. The molecule has 0 amide bonds. The molecule has 1 aliphatic heterocycles. The van der Waals surface area contributed by atoms with Crippen LogP contribution in [0.25, 0.3) is 0 Å². The average Bonchev–Trinajstić information content (AvgIpc) is 2.99. The number of benzene rings is 2. The largest absolute Gasteiger partial charge is 0.349 e. The molecule has 2 nitrogen and oxygen atoms in total. The summed E-state index contributed by atoms with van der Waals surface area (Å²) in [4.78, 5) is 0.961. The van der Waals surface area contributed by atoms with Gasteiger partial charge in [-0.3, -0.25) is 0 Å². The molecule has 0 radical (unpaired) electrons. The minimum atomic E-state index is -0.370. The molecule has 3 rings (SSSR count). The van der Waals surface area contributed by atoms with Gasteiger partial charge in [-0.2, -0.15) is 0 Å². The minimum Gasteiger partial charge on any atom is -0.349 e. The van der Waals surface area contributed by atoms with Crippen LogP contribution in [0.5, 0.6) is 0 Å². The molecular formula is C20H22O2S. The van der Waals surface area contributed by atoms with Crippen LogP contribution in [-0.2, 0) is 21.5 Å². The summed E-state index contributed by atoms with van der Waals surface area (Å²) in [5.41, 5.74) is 3.11. The summed E-state index contributed by atoms with van der Waals surface area (Å²) in [6, 6.07) is 18.7. The first-order valence-corrected chi connectivity index (χ1v) is 8.48. The maximum absolute atomic E-state index is 6.07. The average molecular weight is 326 g/mol. The van der Waals surface area contributed by atoms with Crippen LogP contribution in [0.2, 0.25) is 0 Å². The highest BCUT2D eigenvalue weighted by atomic mass is 32.1. The number of thiocarbonyl (C=S) groups is 1. The third kappa shape index (κ3) is 3.69. The van der Waals surface area contributed by atoms with Crippen molar-refractivity contribution in [2.75, 3.05) is 6.61 Å². The third-order valence-corrected chi connectivity index (χ3v) is 4.65. The van der Waals surface area contributed by atoms with Gasteiger partial charge >= 0.3 is 0 Å². The van der Waals surface area contributed by atoms with Crippen molar-refractivity contribution in [2.45, 2.75) is 38.6 Å². The van der Waals surface area contributed by atoms with Gasteiger partial charge in [0.2, 0.25) is 0 Å². The predicted molar refractivity (Wildman–Crippen MR) is 96.8 cm³/mol. The lowest BCUT2D eigenvalue weighted by atomic mass is 9.93. The van der Waals surface area contributed by atoms with Gasteiger partial charge in [0.25, 0.3) is 0 Å². The number of hydrogen-bond donors (Lipinski definition) is 0. The zero-order chi connectivity index (χ0) is 16.3. The second-order valence-corrected chi connectivity index (χ2v) is 6.66. The monoisotopic (exact) mass is 326 g/mol. The Bertz CT molecular complexity index is 683. The van der Waals surface area contributed by atoms with E-state index in [4.69, 9.17) is 21.7 Å². The van der Waals surface area contributed by atoms with E-state index in [1.165, 1.54) is 5.56 Å². The fourth-order valence-corrected chi connectivity index (χ4v) is 3.19. The molecule has 120 valence electrons. The van der Waals surface area contributed by atoms with Crippen LogP contribution in [-0.4, -0.2) is 17.8 Å². The Morgan fingerprint density at radius 1 is 1.17 bits per heavy atom. The maximum Gasteiger partial charge on any atom is 0.158 e. The Kier molecular flexibility index (Phi) is 4.90. The van der Waals surface area contributed by atoms with E-state index in [0.29, 0.717) is 6.61 Å². The van der Waals surface area contributed by atoms with Crippen molar-refractivity contribution in [1.29, 1.82) is 0 Å². The zero-order valence-electron chi connectivity index (χ0n) is 13.6. The Morgan fingerprint density at radius 3 is 2.65 bits per heavy atom. The fraction of sp³-hybridized carbons (Fsp3) is 0.350. The highest BCUT2D eigenvalue weighted by Gasteiger charge is 2.37. The van der Waals surface area contributed by atoms with Gasteiger partial charge in [0, 0.05) is 11.3 Å². The van der Waals surface area contributed by atoms with E-state index in [0.717, 1.165) is 28.8 Å². The first kappa shape index (κ1) is 16.3. The molecule has 0 N–H and O–H groups in total. The van der Waals surface area contributed by atoms with Crippen LogP contribution < -0.4 is 0 Å². The van der Waals surface area contributed by atoms with E-state index in [9.17, 15) is 0 Å². The van der Waals surface area contributed by atoms with Crippen LogP contribution in [0.1, 0.15) is 37.0 Å². The van der Waals surface area contributed by atoms with Crippen LogP contribution in [0.4, 0.5) is 0 Å². The first-order chi connectivity index (χ1) is 11.1. The van der Waals surface area contributed by atoms with E-state index in [2.05, 4.69) is 50.2 Å². The van der Waals surface area contributed by atoms with Gasteiger partial charge in [-0.25, -0.2) is 0 Å². The van der Waals surface area contributed by atoms with Crippen molar-refractivity contribution < 1.29 is 9.47 Å². The van der Waals surface area contributed by atoms with Gasteiger partial charge < -0.3 is 9.47 Å². The topological polar surface area (TPSA) is 18.5 Å². The first-order valence-electron chi connectivity index (χ1n) is 8.08. The zero-order valence-corrected chi connectivity index (χ0v) is 14.4. The summed E-state index contributed by atoms with van der Waals surface area (Å²) < 4.78 is 11.8. The van der Waals surface area contributed by atoms with Gasteiger partial charge in [0.05, 0.1) is 6.61 Å². The van der Waals surface area contributed by atoms with Gasteiger partial charge in [-0.05, 0) is 30.0 Å². The van der Waals surface area contributed by atoms with Crippen LogP contribution in [0, 0.1) is 0 Å². The van der Waals surface area contributed by atoms with E-state index < -0.39 is 0 Å². The second-order valence-electron chi connectivity index (χ2n) is 6.16. The summed E-state index contributed by atoms with van der Waals surface area (Å²) in [5, 5.41) is 0. The fourth-order valence-electron chi connectivity index (χ4n) is 2.88. The molecule has 0 aliphatic carbocycles. The molecule has 1 fully saturated rings. The van der Waals surface area contributed by atoms with Crippen molar-refractivity contribution in [3.05, 3.63) is 71.3 Å². The lowest BCUT2D eigenvalue weighted by Crippen LogP contribution is -2.25. The summed E-state index contributed by atoms with van der Waals surface area (Å²) in [6.45, 7) is 4.76. The van der Waals surface area contributed by atoms with Gasteiger partial charge in [0.1, 0.15) is 5.60 Å². The van der Waals surface area contributed by atoms with Crippen molar-refractivity contribution in [3.63, 3.8) is 0 Å². The van der Waals surface area contributed by atoms with Crippen LogP contribution >= 0.6 is 12.2 Å². The second kappa shape index (κ2) is 6.91. The number of rotatable bonds is 5. The summed E-state index contributed by atoms with van der Waals surface area (Å²) in [5.74, 6) is 0. The molecule has 0 spiro atoms. The summed E-state index contributed by atoms with van der Waals surface area (Å²) in [6.07, 6.45) is 1.53. The molecule has 1 saturated heterocycles. The molecule has 2 unspecified atom stereocenters. The molecule has 0 aromatic heterocycles. The summed E-state index contributed by atoms with van der Waals surface area (Å²) >= 11 is 5.59. The Hall–Kier alpha value is -1.55. The van der Waals surface area contributed by atoms with E-state index in [-0.39, 0.29) is 11.9 Å². The molecule has 3 heteroatoms. The molecule has 2 atom stereocenters. The van der Waals surface area contributed by atoms with Crippen LogP contribution in [0.3, 0.4) is 0 Å². The Labute approximate surface area is 143 Å². The van der Waals surface area contributed by atoms with Crippen molar-refractivity contribution in [2.24, 2.45) is 0 Å². The number of hydrogen-bond acceptors (Lipinski definition) is 3. The molecule has 0 saturated carbocycles. The number of ether oxygens (including phenoxy) is 2. The molecule has 2 aromatic rings. The quantitative estimate of drug-likeness (QED) is 0.589. The smallest absolute Gasteiger partial charge is 0.158 e. The lowest BCUT2D eigenvalue weighted by Gasteiger charge is -2.23. The van der Waals surface area contributed by atoms with Gasteiger partial charge in [-0.1, -0.05) is 73.7 Å². The Morgan fingerprint density at radius 2 is 1.96 bits per heavy atom. The maximum atomic E-state index is 6.07. The van der Waals surface area contributed by atoms with Crippen molar-refractivity contribution in [1.82, 2.24) is 0 Å². The Balaban J connectivity index is 1.77. The molecule has 2 aromatic carbocycles. The van der Waals surface area contributed by atoms with E-state index >= 15 is 0 Å². The van der Waals surface area contributed by atoms with E-state index in [1.807, 2.05) is 18.2 Å². The highest BCUT2D eigenvalue weighted by molar-refractivity contribution is 7.80. The highest BCUT2D eigenvalue weighted by Crippen LogP contribution is 2.34. The van der Waals surface area contributed by atoms with Gasteiger partial charge in [-0.15, -0.1) is 0 Å². The van der Waals surface area contributed by atoms with Crippen LogP contribution in [0.15, 0.2) is 54.6 Å². The predicted octanol–water partition coefficient (Wildman–Crippen LogP) is 4.65. The van der Waals surface area contributed by atoms with Crippen molar-refractivity contribution in [3.8, 4) is 0 Å². The van der Waals surface area contributed by atoms with Gasteiger partial charge in [0.15, 0.2) is 6.29 Å². The normalized spacial score (nSPS) is 23.8. The SMILES string of the molecule is CCC1OCC(C)(c2cccc(CC(=S)c3ccccc3)c2)O1. The standard InChI is InChI=1S/C20H22O2S/c1-3-19-21-14-20(2,22-19)17-11-7-8-15(12-17)13-18(23)16-9-5-4-6-10-16/h4-12,19H,3,13-14H2,1-2H3. The van der Waals surface area contributed by atoms with E-state index in [1.54, 1.807) is 0 Å². The molecule has 23 heavy (non-hydrogen) atoms. The van der Waals surface area contributed by atoms with Crippen molar-refractivity contribution >= 4 is 17.1 Å². The molecule has 0 bridgehead atoms. The minimum absolute atomic E-state index is 0.103. The third-order valence-electron chi connectivity index (χ3n) is 4.27. The molecular weight excluding hydrogens is 304 g/mol. The molecule has 1 aliphatic rings.